The van der Waals surface area contributed by atoms with E-state index in [2.05, 4.69) is 5.18 Å². The quantitative estimate of drug-likeness (QED) is 0.709. The fourth-order valence-electron chi connectivity index (χ4n) is 1.27. The molecule has 7 nitrogen and oxygen atoms in total. The molecular formula is C8H12N4O3. The van der Waals surface area contributed by atoms with E-state index in [1.807, 2.05) is 6.92 Å². The molecule has 0 atom stereocenters. The molecule has 1 aromatic rings. The van der Waals surface area contributed by atoms with Crippen LogP contribution in [0.2, 0.25) is 0 Å². The molecule has 0 unspecified atom stereocenters. The summed E-state index contributed by atoms with van der Waals surface area (Å²) in [6, 6.07) is 0. The fraction of sp³-hybridized carbons (Fsp3) is 0.500. The van der Waals surface area contributed by atoms with Gasteiger partial charge in [0.25, 0.3) is 5.56 Å². The fourth-order valence-corrected chi connectivity index (χ4v) is 1.27. The number of rotatable bonds is 3. The largest absolute Gasteiger partial charge is 0.383 e. The van der Waals surface area contributed by atoms with E-state index in [4.69, 9.17) is 5.73 Å². The van der Waals surface area contributed by atoms with Gasteiger partial charge in [0, 0.05) is 13.6 Å². The zero-order valence-corrected chi connectivity index (χ0v) is 8.56. The highest BCUT2D eigenvalue weighted by Gasteiger charge is 2.14. The van der Waals surface area contributed by atoms with Gasteiger partial charge in [0.05, 0.1) is 0 Å². The van der Waals surface area contributed by atoms with Crippen LogP contribution in [0.15, 0.2) is 14.8 Å². The lowest BCUT2D eigenvalue weighted by atomic mass is 10.4. The number of nitroso groups, excluding NO2 is 1. The van der Waals surface area contributed by atoms with Crippen molar-refractivity contribution in [2.75, 3.05) is 5.73 Å². The predicted octanol–water partition coefficient (Wildman–Crippen LogP) is -0.0629. The lowest BCUT2D eigenvalue weighted by Gasteiger charge is -2.08. The molecule has 0 aliphatic heterocycles. The monoisotopic (exact) mass is 212 g/mol. The summed E-state index contributed by atoms with van der Waals surface area (Å²) >= 11 is 0. The van der Waals surface area contributed by atoms with E-state index in [1.54, 1.807) is 0 Å². The molecule has 0 radical (unpaired) electrons. The highest BCUT2D eigenvalue weighted by molar-refractivity contribution is 5.55. The maximum Gasteiger partial charge on any atom is 0.332 e. The van der Waals surface area contributed by atoms with Crippen molar-refractivity contribution in [1.29, 1.82) is 0 Å². The van der Waals surface area contributed by atoms with Crippen LogP contribution in [0, 0.1) is 4.91 Å². The van der Waals surface area contributed by atoms with Gasteiger partial charge in [0.1, 0.15) is 5.82 Å². The molecule has 0 spiro atoms. The standard InChI is InChI=1S/C8H12N4O3/c1-3-4-12-7(13)5(10-15)6(9)11(2)8(12)14/h3-4,9H2,1-2H3. The molecule has 15 heavy (non-hydrogen) atoms. The number of aromatic nitrogens is 2. The van der Waals surface area contributed by atoms with Crippen LogP contribution in [0.4, 0.5) is 11.5 Å². The van der Waals surface area contributed by atoms with Crippen LogP contribution < -0.4 is 17.0 Å². The Morgan fingerprint density at radius 2 is 2.00 bits per heavy atom. The molecular weight excluding hydrogens is 200 g/mol. The van der Waals surface area contributed by atoms with E-state index in [0.717, 1.165) is 9.13 Å². The first-order valence-corrected chi connectivity index (χ1v) is 4.47. The van der Waals surface area contributed by atoms with Crippen LogP contribution in [-0.4, -0.2) is 9.13 Å². The number of nitrogen functional groups attached to an aromatic ring is 1. The normalized spacial score (nSPS) is 10.3. The summed E-state index contributed by atoms with van der Waals surface area (Å²) in [4.78, 5) is 33.5. The van der Waals surface area contributed by atoms with Gasteiger partial charge in [-0.1, -0.05) is 6.92 Å². The van der Waals surface area contributed by atoms with Crippen LogP contribution >= 0.6 is 0 Å². The van der Waals surface area contributed by atoms with Crippen molar-refractivity contribution in [2.24, 2.45) is 12.2 Å². The van der Waals surface area contributed by atoms with Crippen molar-refractivity contribution in [3.05, 3.63) is 25.7 Å². The third kappa shape index (κ3) is 1.67. The minimum absolute atomic E-state index is 0.202. The average molecular weight is 212 g/mol. The van der Waals surface area contributed by atoms with E-state index in [0.29, 0.717) is 6.42 Å². The molecule has 1 rings (SSSR count). The number of nitrogens with zero attached hydrogens (tertiary/aromatic N) is 3. The number of nitrogens with two attached hydrogens (primary N) is 1. The predicted molar refractivity (Wildman–Crippen MR) is 56.1 cm³/mol. The molecule has 0 aliphatic carbocycles. The summed E-state index contributed by atoms with van der Waals surface area (Å²) in [5.74, 6) is -0.202. The zero-order valence-electron chi connectivity index (χ0n) is 8.56. The Kier molecular flexibility index (Phi) is 3.03. The molecule has 2 N–H and O–H groups in total. The molecule has 0 fully saturated rings. The van der Waals surface area contributed by atoms with Gasteiger partial charge in [-0.25, -0.2) is 4.79 Å². The Labute approximate surface area is 85.1 Å². The highest BCUT2D eigenvalue weighted by Crippen LogP contribution is 2.12. The molecule has 0 aromatic carbocycles. The van der Waals surface area contributed by atoms with Crippen molar-refractivity contribution >= 4 is 11.5 Å². The first kappa shape index (κ1) is 11.2. The van der Waals surface area contributed by atoms with Gasteiger partial charge in [-0.05, 0) is 11.6 Å². The van der Waals surface area contributed by atoms with Crippen molar-refractivity contribution in [2.45, 2.75) is 19.9 Å². The van der Waals surface area contributed by atoms with E-state index in [9.17, 15) is 14.5 Å². The smallest absolute Gasteiger partial charge is 0.332 e. The van der Waals surface area contributed by atoms with Gasteiger partial charge in [-0.3, -0.25) is 13.9 Å². The summed E-state index contributed by atoms with van der Waals surface area (Å²) in [7, 11) is 1.39. The second kappa shape index (κ2) is 4.07. The SMILES string of the molecule is CCCn1c(=O)c(N=O)c(N)n(C)c1=O. The summed E-state index contributed by atoms with van der Waals surface area (Å²) in [5, 5.41) is 2.55. The molecule has 0 aliphatic rings. The third-order valence-corrected chi connectivity index (χ3v) is 2.11. The molecule has 7 heteroatoms. The Bertz CT molecular complexity index is 500. The second-order valence-electron chi connectivity index (χ2n) is 3.12. The van der Waals surface area contributed by atoms with Crippen molar-refractivity contribution < 1.29 is 0 Å². The summed E-state index contributed by atoms with van der Waals surface area (Å²) in [6.07, 6.45) is 0.608. The molecule has 1 aromatic heterocycles. The Hall–Kier alpha value is -1.92. The van der Waals surface area contributed by atoms with Crippen molar-refractivity contribution in [3.63, 3.8) is 0 Å². The Morgan fingerprint density at radius 1 is 1.40 bits per heavy atom. The number of anilines is 1. The number of hydrogen-bond donors (Lipinski definition) is 1. The van der Waals surface area contributed by atoms with Gasteiger partial charge in [0.15, 0.2) is 0 Å². The molecule has 1 heterocycles. The molecule has 0 saturated carbocycles. The molecule has 82 valence electrons. The van der Waals surface area contributed by atoms with Crippen molar-refractivity contribution in [3.8, 4) is 0 Å². The van der Waals surface area contributed by atoms with Gasteiger partial charge in [0.2, 0.25) is 5.69 Å². The topological polar surface area (TPSA) is 99.4 Å². The minimum atomic E-state index is -0.729. The third-order valence-electron chi connectivity index (χ3n) is 2.11. The number of hydrogen-bond acceptors (Lipinski definition) is 5. The summed E-state index contributed by atoms with van der Waals surface area (Å²) in [5.41, 5.74) is 3.74. The van der Waals surface area contributed by atoms with E-state index >= 15 is 0 Å². The van der Waals surface area contributed by atoms with Crippen LogP contribution in [0.1, 0.15) is 13.3 Å². The van der Waals surface area contributed by atoms with Gasteiger partial charge in [-0.2, -0.15) is 0 Å². The maximum absolute atomic E-state index is 11.6. The van der Waals surface area contributed by atoms with Crippen LogP contribution in [0.5, 0.6) is 0 Å². The lowest BCUT2D eigenvalue weighted by molar-refractivity contribution is 0.586. The Balaban J connectivity index is 3.68. The summed E-state index contributed by atoms with van der Waals surface area (Å²) < 4.78 is 1.99. The zero-order chi connectivity index (χ0) is 11.6. The molecule has 0 amide bonds. The van der Waals surface area contributed by atoms with Crippen LogP contribution in [-0.2, 0) is 13.6 Å². The molecule has 0 bridgehead atoms. The maximum atomic E-state index is 11.6. The minimum Gasteiger partial charge on any atom is -0.383 e. The first-order valence-electron chi connectivity index (χ1n) is 4.47. The van der Waals surface area contributed by atoms with E-state index in [1.165, 1.54) is 7.05 Å². The summed E-state index contributed by atoms with van der Waals surface area (Å²) in [6.45, 7) is 2.06. The second-order valence-corrected chi connectivity index (χ2v) is 3.12. The van der Waals surface area contributed by atoms with Crippen LogP contribution in [0.25, 0.3) is 0 Å². The first-order chi connectivity index (χ1) is 7.04. The Morgan fingerprint density at radius 3 is 2.47 bits per heavy atom. The average Bonchev–Trinajstić information content (AvgIpc) is 2.22. The van der Waals surface area contributed by atoms with Crippen molar-refractivity contribution in [1.82, 2.24) is 9.13 Å². The van der Waals surface area contributed by atoms with E-state index in [-0.39, 0.29) is 12.4 Å². The highest BCUT2D eigenvalue weighted by atomic mass is 16.3. The van der Waals surface area contributed by atoms with Gasteiger partial charge >= 0.3 is 5.69 Å². The van der Waals surface area contributed by atoms with E-state index < -0.39 is 16.9 Å². The van der Waals surface area contributed by atoms with Crippen LogP contribution in [0.3, 0.4) is 0 Å². The van der Waals surface area contributed by atoms with Gasteiger partial charge in [-0.15, -0.1) is 4.91 Å². The van der Waals surface area contributed by atoms with Gasteiger partial charge < -0.3 is 5.73 Å². The molecule has 0 saturated heterocycles. The lowest BCUT2D eigenvalue weighted by Crippen LogP contribution is -2.39.